The van der Waals surface area contributed by atoms with Gasteiger partial charge in [0.05, 0.1) is 12.7 Å². The van der Waals surface area contributed by atoms with Gasteiger partial charge in [-0.05, 0) is 25.8 Å². The van der Waals surface area contributed by atoms with Gasteiger partial charge in [-0.1, -0.05) is 6.92 Å². The second-order valence-electron chi connectivity index (χ2n) is 4.13. The zero-order chi connectivity index (χ0) is 9.84. The molecule has 0 aromatic carbocycles. The van der Waals surface area contributed by atoms with Crippen molar-refractivity contribution in [2.75, 3.05) is 26.8 Å². The van der Waals surface area contributed by atoms with Gasteiger partial charge in [-0.15, -0.1) is 0 Å². The Bertz CT molecular complexity index is 152. The van der Waals surface area contributed by atoms with Crippen LogP contribution in [-0.2, 0) is 4.74 Å². The molecule has 0 saturated carbocycles. The average molecular weight is 187 g/mol. The van der Waals surface area contributed by atoms with Crippen LogP contribution in [0.2, 0.25) is 0 Å². The molecule has 1 aliphatic rings. The van der Waals surface area contributed by atoms with Crippen LogP contribution in [0.3, 0.4) is 0 Å². The van der Waals surface area contributed by atoms with E-state index >= 15 is 0 Å². The monoisotopic (exact) mass is 187 g/mol. The number of aliphatic hydroxyl groups excluding tert-OH is 1. The molecule has 1 saturated heterocycles. The number of hydrogen-bond donors (Lipinski definition) is 1. The SMILES string of the molecule is COCC(C)N1CCC(C)C(O)C1. The Morgan fingerprint density at radius 3 is 2.85 bits per heavy atom. The largest absolute Gasteiger partial charge is 0.392 e. The van der Waals surface area contributed by atoms with E-state index in [0.29, 0.717) is 12.0 Å². The summed E-state index contributed by atoms with van der Waals surface area (Å²) in [4.78, 5) is 2.30. The molecule has 0 aliphatic carbocycles. The van der Waals surface area contributed by atoms with Crippen molar-refractivity contribution >= 4 is 0 Å². The zero-order valence-electron chi connectivity index (χ0n) is 8.86. The number of piperidine rings is 1. The molecule has 0 aromatic rings. The first-order valence-corrected chi connectivity index (χ1v) is 5.06. The number of rotatable bonds is 3. The number of β-amino-alcohol motifs (C(OH)–C–C–N with tert-alkyl or cyclic N) is 1. The summed E-state index contributed by atoms with van der Waals surface area (Å²) in [6, 6.07) is 0.423. The van der Waals surface area contributed by atoms with E-state index in [0.717, 1.165) is 26.1 Å². The molecule has 0 amide bonds. The molecular weight excluding hydrogens is 166 g/mol. The predicted molar refractivity (Wildman–Crippen MR) is 52.7 cm³/mol. The molecule has 3 unspecified atom stereocenters. The van der Waals surface area contributed by atoms with Gasteiger partial charge in [-0.25, -0.2) is 0 Å². The first-order valence-electron chi connectivity index (χ1n) is 5.06. The summed E-state index contributed by atoms with van der Waals surface area (Å²) in [5.41, 5.74) is 0. The summed E-state index contributed by atoms with van der Waals surface area (Å²) in [6.45, 7) is 6.89. The van der Waals surface area contributed by atoms with E-state index in [-0.39, 0.29) is 6.10 Å². The number of aliphatic hydroxyl groups is 1. The molecule has 1 fully saturated rings. The Morgan fingerprint density at radius 2 is 2.31 bits per heavy atom. The normalized spacial score (nSPS) is 33.2. The summed E-state index contributed by atoms with van der Waals surface area (Å²) in [5.74, 6) is 0.450. The quantitative estimate of drug-likeness (QED) is 0.707. The third-order valence-electron chi connectivity index (χ3n) is 2.98. The molecule has 78 valence electrons. The van der Waals surface area contributed by atoms with Gasteiger partial charge in [-0.3, -0.25) is 4.90 Å². The standard InChI is InChI=1S/C10H21NO2/c1-8-4-5-11(6-10(8)12)9(2)7-13-3/h8-10,12H,4-7H2,1-3H3. The lowest BCUT2D eigenvalue weighted by atomic mass is 9.95. The molecule has 0 bridgehead atoms. The highest BCUT2D eigenvalue weighted by Crippen LogP contribution is 2.18. The first kappa shape index (κ1) is 11.0. The fourth-order valence-corrected chi connectivity index (χ4v) is 1.82. The van der Waals surface area contributed by atoms with Crippen molar-refractivity contribution < 1.29 is 9.84 Å². The van der Waals surface area contributed by atoms with E-state index in [2.05, 4.69) is 18.7 Å². The van der Waals surface area contributed by atoms with Gasteiger partial charge < -0.3 is 9.84 Å². The Morgan fingerprint density at radius 1 is 1.62 bits per heavy atom. The molecule has 3 atom stereocenters. The molecule has 3 heteroatoms. The van der Waals surface area contributed by atoms with E-state index in [1.54, 1.807) is 7.11 Å². The zero-order valence-corrected chi connectivity index (χ0v) is 8.86. The van der Waals surface area contributed by atoms with E-state index in [1.165, 1.54) is 0 Å². The summed E-state index contributed by atoms with van der Waals surface area (Å²) >= 11 is 0. The summed E-state index contributed by atoms with van der Waals surface area (Å²) < 4.78 is 5.10. The van der Waals surface area contributed by atoms with Crippen molar-refractivity contribution in [2.45, 2.75) is 32.4 Å². The molecular formula is C10H21NO2. The molecule has 0 radical (unpaired) electrons. The third-order valence-corrected chi connectivity index (χ3v) is 2.98. The molecule has 0 spiro atoms. The number of nitrogens with zero attached hydrogens (tertiary/aromatic N) is 1. The van der Waals surface area contributed by atoms with Crippen molar-refractivity contribution in [3.05, 3.63) is 0 Å². The van der Waals surface area contributed by atoms with Crippen LogP contribution < -0.4 is 0 Å². The first-order chi connectivity index (χ1) is 6.15. The predicted octanol–water partition coefficient (Wildman–Crippen LogP) is 0.724. The molecule has 1 rings (SSSR count). The fourth-order valence-electron chi connectivity index (χ4n) is 1.82. The van der Waals surface area contributed by atoms with Crippen LogP contribution in [0.25, 0.3) is 0 Å². The molecule has 13 heavy (non-hydrogen) atoms. The Balaban J connectivity index is 2.36. The van der Waals surface area contributed by atoms with Gasteiger partial charge in [0.2, 0.25) is 0 Å². The van der Waals surface area contributed by atoms with E-state index in [9.17, 15) is 5.11 Å². The Hall–Kier alpha value is -0.120. The Kier molecular flexibility index (Phi) is 4.16. The van der Waals surface area contributed by atoms with Gasteiger partial charge >= 0.3 is 0 Å². The maximum atomic E-state index is 9.68. The van der Waals surface area contributed by atoms with Crippen LogP contribution in [-0.4, -0.2) is 49.0 Å². The van der Waals surface area contributed by atoms with Crippen LogP contribution in [0.15, 0.2) is 0 Å². The smallest absolute Gasteiger partial charge is 0.0693 e. The van der Waals surface area contributed by atoms with E-state index < -0.39 is 0 Å². The van der Waals surface area contributed by atoms with Crippen LogP contribution in [0.5, 0.6) is 0 Å². The highest BCUT2D eigenvalue weighted by Gasteiger charge is 2.26. The van der Waals surface area contributed by atoms with E-state index in [1.807, 2.05) is 0 Å². The van der Waals surface area contributed by atoms with Crippen LogP contribution >= 0.6 is 0 Å². The van der Waals surface area contributed by atoms with Gasteiger partial charge in [0.15, 0.2) is 0 Å². The maximum absolute atomic E-state index is 9.68. The number of likely N-dealkylation sites (tertiary alicyclic amines) is 1. The van der Waals surface area contributed by atoms with Crippen molar-refractivity contribution in [1.82, 2.24) is 4.90 Å². The third kappa shape index (κ3) is 2.93. The lowest BCUT2D eigenvalue weighted by Gasteiger charge is -2.37. The fraction of sp³-hybridized carbons (Fsp3) is 1.00. The molecule has 3 nitrogen and oxygen atoms in total. The van der Waals surface area contributed by atoms with Gasteiger partial charge in [-0.2, -0.15) is 0 Å². The van der Waals surface area contributed by atoms with Crippen molar-refractivity contribution in [3.8, 4) is 0 Å². The lowest BCUT2D eigenvalue weighted by molar-refractivity contribution is -0.00316. The minimum absolute atomic E-state index is 0.159. The Labute approximate surface area is 80.7 Å². The minimum Gasteiger partial charge on any atom is -0.392 e. The number of ether oxygens (including phenoxy) is 1. The highest BCUT2D eigenvalue weighted by atomic mass is 16.5. The summed E-state index contributed by atoms with van der Waals surface area (Å²) in [5, 5.41) is 9.68. The molecule has 1 aliphatic heterocycles. The highest BCUT2D eigenvalue weighted by molar-refractivity contribution is 4.80. The average Bonchev–Trinajstić information content (AvgIpc) is 2.10. The number of methoxy groups -OCH3 is 1. The molecule has 1 heterocycles. The minimum atomic E-state index is -0.159. The van der Waals surface area contributed by atoms with Gasteiger partial charge in [0.25, 0.3) is 0 Å². The van der Waals surface area contributed by atoms with Crippen molar-refractivity contribution in [1.29, 1.82) is 0 Å². The molecule has 0 aromatic heterocycles. The second kappa shape index (κ2) is 4.94. The van der Waals surface area contributed by atoms with Gasteiger partial charge in [0.1, 0.15) is 0 Å². The van der Waals surface area contributed by atoms with Crippen LogP contribution in [0.1, 0.15) is 20.3 Å². The van der Waals surface area contributed by atoms with Crippen molar-refractivity contribution in [3.63, 3.8) is 0 Å². The second-order valence-corrected chi connectivity index (χ2v) is 4.13. The van der Waals surface area contributed by atoms with Crippen molar-refractivity contribution in [2.24, 2.45) is 5.92 Å². The van der Waals surface area contributed by atoms with Crippen LogP contribution in [0.4, 0.5) is 0 Å². The lowest BCUT2D eigenvalue weighted by Crippen LogP contribution is -2.48. The van der Waals surface area contributed by atoms with E-state index in [4.69, 9.17) is 4.74 Å². The topological polar surface area (TPSA) is 32.7 Å². The van der Waals surface area contributed by atoms with Gasteiger partial charge in [0, 0.05) is 19.7 Å². The molecule has 1 N–H and O–H groups in total. The number of hydrogen-bond acceptors (Lipinski definition) is 3. The van der Waals surface area contributed by atoms with Crippen LogP contribution in [0, 0.1) is 5.92 Å². The summed E-state index contributed by atoms with van der Waals surface area (Å²) in [7, 11) is 1.72. The summed E-state index contributed by atoms with van der Waals surface area (Å²) in [6.07, 6.45) is 0.933. The maximum Gasteiger partial charge on any atom is 0.0693 e.